The predicted molar refractivity (Wildman–Crippen MR) is 65.1 cm³/mol. The summed E-state index contributed by atoms with van der Waals surface area (Å²) in [5.41, 5.74) is -0.780. The lowest BCUT2D eigenvalue weighted by Crippen LogP contribution is -2.22. The average molecular weight is 245 g/mol. The Morgan fingerprint density at radius 2 is 2.06 bits per heavy atom. The Hall–Kier alpha value is -0.600. The molecule has 0 radical (unpaired) electrons. The van der Waals surface area contributed by atoms with E-state index in [0.29, 0.717) is 17.0 Å². The van der Waals surface area contributed by atoms with E-state index in [1.165, 1.54) is 6.07 Å². The van der Waals surface area contributed by atoms with Gasteiger partial charge in [-0.05, 0) is 25.5 Å². The van der Waals surface area contributed by atoms with Crippen LogP contribution in [0.15, 0.2) is 18.2 Å². The zero-order valence-electron chi connectivity index (χ0n) is 9.76. The summed E-state index contributed by atoms with van der Waals surface area (Å²) < 4.78 is 13.6. The summed E-state index contributed by atoms with van der Waals surface area (Å²) in [6.45, 7) is 3.74. The Morgan fingerprint density at radius 3 is 2.62 bits per heavy atom. The van der Waals surface area contributed by atoms with Crippen LogP contribution >= 0.6 is 11.6 Å². The van der Waals surface area contributed by atoms with Crippen LogP contribution in [0.4, 0.5) is 4.39 Å². The summed E-state index contributed by atoms with van der Waals surface area (Å²) in [4.78, 5) is 0. The normalized spacial score (nSPS) is 14.8. The number of aliphatic hydroxyl groups is 1. The molecule has 0 bridgehead atoms. The molecule has 0 saturated heterocycles. The largest absolute Gasteiger partial charge is 0.385 e. The summed E-state index contributed by atoms with van der Waals surface area (Å²) in [7, 11) is 0. The van der Waals surface area contributed by atoms with Crippen LogP contribution in [0.5, 0.6) is 0 Å². The molecule has 1 atom stereocenters. The lowest BCUT2D eigenvalue weighted by Gasteiger charge is -2.24. The van der Waals surface area contributed by atoms with Gasteiger partial charge < -0.3 is 5.11 Å². The van der Waals surface area contributed by atoms with Gasteiger partial charge in [-0.1, -0.05) is 43.9 Å². The third-order valence-corrected chi connectivity index (χ3v) is 3.01. The molecule has 1 unspecified atom stereocenters. The van der Waals surface area contributed by atoms with Gasteiger partial charge in [0.05, 0.1) is 5.60 Å². The molecule has 90 valence electrons. The van der Waals surface area contributed by atoms with Gasteiger partial charge in [0.2, 0.25) is 0 Å². The van der Waals surface area contributed by atoms with Crippen LogP contribution < -0.4 is 0 Å². The van der Waals surface area contributed by atoms with E-state index >= 15 is 0 Å². The van der Waals surface area contributed by atoms with E-state index in [9.17, 15) is 9.50 Å². The number of hydrogen-bond donors (Lipinski definition) is 1. The molecule has 0 spiro atoms. The van der Waals surface area contributed by atoms with Crippen molar-refractivity contribution in [3.05, 3.63) is 34.6 Å². The fraction of sp³-hybridized carbons (Fsp3) is 0.538. The van der Waals surface area contributed by atoms with Crippen LogP contribution in [0.3, 0.4) is 0 Å². The first-order valence-electron chi connectivity index (χ1n) is 5.65. The Labute approximate surface area is 101 Å². The Bertz CT molecular complexity index is 350. The maximum absolute atomic E-state index is 13.6. The van der Waals surface area contributed by atoms with Crippen molar-refractivity contribution in [1.82, 2.24) is 0 Å². The van der Waals surface area contributed by atoms with Gasteiger partial charge in [0.25, 0.3) is 0 Å². The third-order valence-electron chi connectivity index (χ3n) is 2.78. The van der Waals surface area contributed by atoms with Crippen LogP contribution in [0.2, 0.25) is 5.02 Å². The van der Waals surface area contributed by atoms with Crippen LogP contribution in [0.1, 0.15) is 45.1 Å². The topological polar surface area (TPSA) is 20.2 Å². The van der Waals surface area contributed by atoms with Gasteiger partial charge >= 0.3 is 0 Å². The number of halogens is 2. The molecule has 1 N–H and O–H groups in total. The molecule has 1 aromatic carbocycles. The molecule has 1 rings (SSSR count). The molecule has 3 heteroatoms. The second-order valence-corrected chi connectivity index (χ2v) is 4.79. The van der Waals surface area contributed by atoms with E-state index in [-0.39, 0.29) is 0 Å². The predicted octanol–water partition coefficient (Wildman–Crippen LogP) is 4.27. The summed E-state index contributed by atoms with van der Waals surface area (Å²) in [5, 5.41) is 10.6. The molecule has 0 aliphatic heterocycles. The third kappa shape index (κ3) is 3.46. The van der Waals surface area contributed by atoms with E-state index < -0.39 is 11.4 Å². The minimum Gasteiger partial charge on any atom is -0.385 e. The molecule has 0 aromatic heterocycles. The van der Waals surface area contributed by atoms with E-state index in [0.717, 1.165) is 19.3 Å². The first-order valence-corrected chi connectivity index (χ1v) is 6.03. The fourth-order valence-corrected chi connectivity index (χ4v) is 1.94. The van der Waals surface area contributed by atoms with Crippen molar-refractivity contribution in [2.75, 3.05) is 0 Å². The van der Waals surface area contributed by atoms with Crippen molar-refractivity contribution >= 4 is 11.6 Å². The van der Waals surface area contributed by atoms with Gasteiger partial charge in [-0.25, -0.2) is 4.39 Å². The van der Waals surface area contributed by atoms with E-state index in [2.05, 4.69) is 6.92 Å². The second kappa shape index (κ2) is 5.65. The number of rotatable bonds is 5. The fourth-order valence-electron chi connectivity index (χ4n) is 1.78. The lowest BCUT2D eigenvalue weighted by molar-refractivity contribution is 0.0413. The lowest BCUT2D eigenvalue weighted by atomic mass is 9.90. The molecule has 0 saturated carbocycles. The molecular formula is C13H18ClFO. The van der Waals surface area contributed by atoms with E-state index in [4.69, 9.17) is 11.6 Å². The van der Waals surface area contributed by atoms with Gasteiger partial charge in [-0.3, -0.25) is 0 Å². The van der Waals surface area contributed by atoms with Crippen LogP contribution in [-0.2, 0) is 5.60 Å². The highest BCUT2D eigenvalue weighted by Crippen LogP contribution is 2.30. The highest BCUT2D eigenvalue weighted by molar-refractivity contribution is 6.30. The number of benzene rings is 1. The Kier molecular flexibility index (Phi) is 4.75. The summed E-state index contributed by atoms with van der Waals surface area (Å²) in [6.07, 6.45) is 3.59. The first-order chi connectivity index (χ1) is 7.47. The minimum atomic E-state index is -1.11. The molecule has 0 amide bonds. The zero-order valence-corrected chi connectivity index (χ0v) is 10.5. The van der Waals surface area contributed by atoms with Crippen molar-refractivity contribution < 1.29 is 9.50 Å². The first kappa shape index (κ1) is 13.5. The molecule has 1 nitrogen and oxygen atoms in total. The smallest absolute Gasteiger partial charge is 0.130 e. The number of hydrogen-bond acceptors (Lipinski definition) is 1. The van der Waals surface area contributed by atoms with Crippen molar-refractivity contribution in [1.29, 1.82) is 0 Å². The molecule has 0 aliphatic carbocycles. The SMILES string of the molecule is CCCCCC(C)(O)c1ccc(Cl)cc1F. The molecule has 0 heterocycles. The van der Waals surface area contributed by atoms with Crippen molar-refractivity contribution in [2.45, 2.75) is 45.1 Å². The summed E-state index contributed by atoms with van der Waals surface area (Å²) in [5.74, 6) is -0.436. The standard InChI is InChI=1S/C13H18ClFO/c1-3-4-5-8-13(2,16)11-7-6-10(14)9-12(11)15/h6-7,9,16H,3-5,8H2,1-2H3. The monoisotopic (exact) mass is 244 g/mol. The molecule has 0 fully saturated rings. The van der Waals surface area contributed by atoms with E-state index in [1.54, 1.807) is 19.1 Å². The minimum absolute atomic E-state index is 0.327. The van der Waals surface area contributed by atoms with Gasteiger partial charge in [-0.2, -0.15) is 0 Å². The second-order valence-electron chi connectivity index (χ2n) is 4.36. The van der Waals surface area contributed by atoms with Crippen LogP contribution in [0.25, 0.3) is 0 Å². The van der Waals surface area contributed by atoms with Crippen molar-refractivity contribution in [3.8, 4) is 0 Å². The van der Waals surface area contributed by atoms with Crippen molar-refractivity contribution in [3.63, 3.8) is 0 Å². The number of unbranched alkanes of at least 4 members (excludes halogenated alkanes) is 2. The summed E-state index contributed by atoms with van der Waals surface area (Å²) in [6, 6.07) is 4.41. The Morgan fingerprint density at radius 1 is 1.38 bits per heavy atom. The maximum atomic E-state index is 13.6. The van der Waals surface area contributed by atoms with E-state index in [1.807, 2.05) is 0 Å². The van der Waals surface area contributed by atoms with Crippen molar-refractivity contribution in [2.24, 2.45) is 0 Å². The van der Waals surface area contributed by atoms with Gasteiger partial charge in [-0.15, -0.1) is 0 Å². The Balaban J connectivity index is 2.80. The summed E-state index contributed by atoms with van der Waals surface area (Å²) >= 11 is 5.67. The average Bonchev–Trinajstić information content (AvgIpc) is 2.17. The molecular weight excluding hydrogens is 227 g/mol. The van der Waals surface area contributed by atoms with Gasteiger partial charge in [0.15, 0.2) is 0 Å². The highest BCUT2D eigenvalue weighted by Gasteiger charge is 2.25. The highest BCUT2D eigenvalue weighted by atomic mass is 35.5. The van der Waals surface area contributed by atoms with Gasteiger partial charge in [0.1, 0.15) is 5.82 Å². The molecule has 0 aliphatic rings. The van der Waals surface area contributed by atoms with Gasteiger partial charge in [0, 0.05) is 10.6 Å². The van der Waals surface area contributed by atoms with Crippen LogP contribution in [-0.4, -0.2) is 5.11 Å². The molecule has 16 heavy (non-hydrogen) atoms. The maximum Gasteiger partial charge on any atom is 0.130 e. The van der Waals surface area contributed by atoms with Crippen LogP contribution in [0, 0.1) is 5.82 Å². The molecule has 1 aromatic rings. The zero-order chi connectivity index (χ0) is 12.2. The quantitative estimate of drug-likeness (QED) is 0.767.